The van der Waals surface area contributed by atoms with Gasteiger partial charge in [-0.3, -0.25) is 9.59 Å². The summed E-state index contributed by atoms with van der Waals surface area (Å²) >= 11 is 1.37. The van der Waals surface area contributed by atoms with Crippen LogP contribution in [0.4, 0.5) is 4.39 Å². The Morgan fingerprint density at radius 3 is 2.42 bits per heavy atom. The zero-order chi connectivity index (χ0) is 18.4. The van der Waals surface area contributed by atoms with Crippen LogP contribution in [0.2, 0.25) is 0 Å². The summed E-state index contributed by atoms with van der Waals surface area (Å²) in [5.74, 6) is -0.451. The number of aryl methyl sites for hydroxylation is 1. The van der Waals surface area contributed by atoms with E-state index in [0.29, 0.717) is 29.0 Å². The van der Waals surface area contributed by atoms with Crippen molar-refractivity contribution in [3.05, 3.63) is 93.4 Å². The molecule has 0 radical (unpaired) electrons. The van der Waals surface area contributed by atoms with Crippen LogP contribution >= 0.6 is 11.3 Å². The maximum Gasteiger partial charge on any atom is 0.220 e. The first kappa shape index (κ1) is 18.0. The van der Waals surface area contributed by atoms with Crippen molar-refractivity contribution in [2.45, 2.75) is 19.4 Å². The number of nitrogens with one attached hydrogen (secondary N) is 1. The average molecular weight is 367 g/mol. The van der Waals surface area contributed by atoms with Crippen molar-refractivity contribution in [1.29, 1.82) is 0 Å². The van der Waals surface area contributed by atoms with E-state index in [1.807, 2.05) is 24.3 Å². The lowest BCUT2D eigenvalue weighted by Gasteiger charge is -2.05. The summed E-state index contributed by atoms with van der Waals surface area (Å²) in [7, 11) is 0. The summed E-state index contributed by atoms with van der Waals surface area (Å²) < 4.78 is 13.5. The SMILES string of the molecule is O=C(CCc1ccccc1F)NCc1ccc(C(=O)c2ccccc2)s1. The molecule has 0 fully saturated rings. The smallest absolute Gasteiger partial charge is 0.220 e. The summed E-state index contributed by atoms with van der Waals surface area (Å²) in [6.45, 7) is 0.364. The topological polar surface area (TPSA) is 46.2 Å². The van der Waals surface area contributed by atoms with E-state index in [4.69, 9.17) is 0 Å². The third kappa shape index (κ3) is 4.64. The van der Waals surface area contributed by atoms with Crippen molar-refractivity contribution < 1.29 is 14.0 Å². The van der Waals surface area contributed by atoms with Crippen LogP contribution < -0.4 is 5.32 Å². The Morgan fingerprint density at radius 2 is 1.65 bits per heavy atom. The number of carbonyl (C=O) groups is 2. The summed E-state index contributed by atoms with van der Waals surface area (Å²) in [5, 5.41) is 2.82. The van der Waals surface area contributed by atoms with Crippen LogP contribution in [-0.2, 0) is 17.8 Å². The molecule has 1 heterocycles. The first-order chi connectivity index (χ1) is 12.6. The molecule has 0 aliphatic carbocycles. The van der Waals surface area contributed by atoms with E-state index in [2.05, 4.69) is 5.32 Å². The van der Waals surface area contributed by atoms with E-state index < -0.39 is 0 Å². The predicted molar refractivity (Wildman–Crippen MR) is 101 cm³/mol. The molecule has 0 unspecified atom stereocenters. The number of halogens is 1. The Balaban J connectivity index is 1.51. The molecule has 0 atom stereocenters. The molecule has 5 heteroatoms. The highest BCUT2D eigenvalue weighted by Crippen LogP contribution is 2.20. The van der Waals surface area contributed by atoms with Crippen molar-refractivity contribution in [3.8, 4) is 0 Å². The lowest BCUT2D eigenvalue weighted by atomic mass is 10.1. The van der Waals surface area contributed by atoms with E-state index in [1.54, 1.807) is 36.4 Å². The van der Waals surface area contributed by atoms with E-state index in [0.717, 1.165) is 4.88 Å². The molecule has 0 bridgehead atoms. The first-order valence-corrected chi connectivity index (χ1v) is 9.13. The summed E-state index contributed by atoms with van der Waals surface area (Å²) in [6, 6.07) is 19.2. The van der Waals surface area contributed by atoms with Gasteiger partial charge in [-0.25, -0.2) is 4.39 Å². The molecule has 132 valence electrons. The van der Waals surface area contributed by atoms with Gasteiger partial charge in [0.15, 0.2) is 0 Å². The van der Waals surface area contributed by atoms with Gasteiger partial charge in [0.05, 0.1) is 11.4 Å². The van der Waals surface area contributed by atoms with Gasteiger partial charge in [0.2, 0.25) is 11.7 Å². The largest absolute Gasteiger partial charge is 0.351 e. The lowest BCUT2D eigenvalue weighted by Crippen LogP contribution is -2.22. The van der Waals surface area contributed by atoms with Gasteiger partial charge < -0.3 is 5.32 Å². The van der Waals surface area contributed by atoms with Gasteiger partial charge in [-0.1, -0.05) is 48.5 Å². The van der Waals surface area contributed by atoms with Gasteiger partial charge in [-0.05, 0) is 30.2 Å². The number of amides is 1. The summed E-state index contributed by atoms with van der Waals surface area (Å²) in [5.41, 5.74) is 1.18. The first-order valence-electron chi connectivity index (χ1n) is 8.32. The van der Waals surface area contributed by atoms with Crippen molar-refractivity contribution in [1.82, 2.24) is 5.32 Å². The Morgan fingerprint density at radius 1 is 0.923 bits per heavy atom. The van der Waals surface area contributed by atoms with Gasteiger partial charge in [-0.15, -0.1) is 11.3 Å². The maximum atomic E-state index is 13.5. The molecular weight excluding hydrogens is 349 g/mol. The maximum absolute atomic E-state index is 13.5. The second kappa shape index (κ2) is 8.54. The molecule has 0 aliphatic rings. The van der Waals surface area contributed by atoms with Gasteiger partial charge in [-0.2, -0.15) is 0 Å². The number of hydrogen-bond acceptors (Lipinski definition) is 3. The molecule has 3 nitrogen and oxygen atoms in total. The summed E-state index contributed by atoms with van der Waals surface area (Å²) in [6.07, 6.45) is 0.586. The lowest BCUT2D eigenvalue weighted by molar-refractivity contribution is -0.121. The number of hydrogen-bond donors (Lipinski definition) is 1. The predicted octanol–water partition coefficient (Wildman–Crippen LogP) is 4.37. The Labute approximate surface area is 155 Å². The standard InChI is InChI=1S/C21H18FNO2S/c22-18-9-5-4-6-15(18)10-13-20(24)23-14-17-11-12-19(26-17)21(25)16-7-2-1-3-8-16/h1-9,11-12H,10,13-14H2,(H,23,24). The van der Waals surface area contributed by atoms with E-state index in [9.17, 15) is 14.0 Å². The third-order valence-electron chi connectivity index (χ3n) is 3.96. The molecule has 0 saturated heterocycles. The van der Waals surface area contributed by atoms with Crippen LogP contribution in [-0.4, -0.2) is 11.7 Å². The molecule has 26 heavy (non-hydrogen) atoms. The molecule has 0 saturated carbocycles. The molecule has 0 aliphatic heterocycles. The second-order valence-corrected chi connectivity index (χ2v) is 7.00. The second-order valence-electron chi connectivity index (χ2n) is 5.83. The minimum absolute atomic E-state index is 0.0206. The van der Waals surface area contributed by atoms with Crippen LogP contribution in [0, 0.1) is 5.82 Å². The molecule has 1 amide bonds. The van der Waals surface area contributed by atoms with Crippen molar-refractivity contribution in [2.75, 3.05) is 0 Å². The quantitative estimate of drug-likeness (QED) is 0.631. The minimum atomic E-state index is -0.289. The van der Waals surface area contributed by atoms with E-state index in [-0.39, 0.29) is 23.9 Å². The fraction of sp³-hybridized carbons (Fsp3) is 0.143. The number of rotatable bonds is 7. The normalized spacial score (nSPS) is 10.5. The van der Waals surface area contributed by atoms with Crippen LogP contribution in [0.1, 0.15) is 32.1 Å². The van der Waals surface area contributed by atoms with Crippen molar-refractivity contribution >= 4 is 23.0 Å². The Hall–Kier alpha value is -2.79. The molecular formula is C21H18FNO2S. The van der Waals surface area contributed by atoms with Gasteiger partial charge >= 0.3 is 0 Å². The van der Waals surface area contributed by atoms with Crippen molar-refractivity contribution in [2.24, 2.45) is 0 Å². The summed E-state index contributed by atoms with van der Waals surface area (Å²) in [4.78, 5) is 25.9. The third-order valence-corrected chi connectivity index (χ3v) is 5.04. The average Bonchev–Trinajstić information content (AvgIpc) is 3.15. The zero-order valence-electron chi connectivity index (χ0n) is 14.1. The van der Waals surface area contributed by atoms with Gasteiger partial charge in [0.25, 0.3) is 0 Å². The molecule has 2 aromatic carbocycles. The fourth-order valence-corrected chi connectivity index (χ4v) is 3.46. The van der Waals surface area contributed by atoms with Gasteiger partial charge in [0.1, 0.15) is 5.82 Å². The number of ketones is 1. The Kier molecular flexibility index (Phi) is 5.92. The number of carbonyl (C=O) groups excluding carboxylic acids is 2. The monoisotopic (exact) mass is 367 g/mol. The van der Waals surface area contributed by atoms with E-state index in [1.165, 1.54) is 17.4 Å². The minimum Gasteiger partial charge on any atom is -0.351 e. The fourth-order valence-electron chi connectivity index (χ4n) is 2.55. The van der Waals surface area contributed by atoms with E-state index >= 15 is 0 Å². The molecule has 0 spiro atoms. The highest BCUT2D eigenvalue weighted by Gasteiger charge is 2.12. The van der Waals surface area contributed by atoms with Crippen LogP contribution in [0.5, 0.6) is 0 Å². The molecule has 1 N–H and O–H groups in total. The Bertz CT molecular complexity index is 905. The molecule has 3 aromatic rings. The highest BCUT2D eigenvalue weighted by atomic mass is 32.1. The van der Waals surface area contributed by atoms with Crippen LogP contribution in [0.25, 0.3) is 0 Å². The molecule has 1 aromatic heterocycles. The van der Waals surface area contributed by atoms with Crippen LogP contribution in [0.15, 0.2) is 66.7 Å². The number of benzene rings is 2. The van der Waals surface area contributed by atoms with Crippen molar-refractivity contribution in [3.63, 3.8) is 0 Å². The van der Waals surface area contributed by atoms with Crippen LogP contribution in [0.3, 0.4) is 0 Å². The number of thiophene rings is 1. The highest BCUT2D eigenvalue weighted by molar-refractivity contribution is 7.14. The molecule has 3 rings (SSSR count). The van der Waals surface area contributed by atoms with Gasteiger partial charge in [0, 0.05) is 16.9 Å². The zero-order valence-corrected chi connectivity index (χ0v) is 14.9.